The zero-order valence-corrected chi connectivity index (χ0v) is 9.29. The molecule has 5 heteroatoms. The van der Waals surface area contributed by atoms with Gasteiger partial charge in [-0.2, -0.15) is 0 Å². The summed E-state index contributed by atoms with van der Waals surface area (Å²) in [6.45, 7) is 0.00353. The molecule has 0 fully saturated rings. The lowest BCUT2D eigenvalue weighted by Crippen LogP contribution is -2.01. The average Bonchev–Trinajstić information content (AvgIpc) is 2.20. The zero-order chi connectivity index (χ0) is 12.1. The van der Waals surface area contributed by atoms with E-state index in [9.17, 15) is 9.18 Å². The van der Waals surface area contributed by atoms with Crippen LogP contribution >= 0.6 is 11.6 Å². The van der Waals surface area contributed by atoms with Crippen molar-refractivity contribution in [2.75, 3.05) is 13.7 Å². The van der Waals surface area contributed by atoms with Gasteiger partial charge in [-0.15, -0.1) is 0 Å². The van der Waals surface area contributed by atoms with Gasteiger partial charge < -0.3 is 9.84 Å². The van der Waals surface area contributed by atoms with E-state index in [1.54, 1.807) is 0 Å². The quantitative estimate of drug-likeness (QED) is 0.828. The van der Waals surface area contributed by atoms with E-state index in [-0.39, 0.29) is 17.7 Å². The number of carboxylic acid groups (broad SMARTS) is 1. The summed E-state index contributed by atoms with van der Waals surface area (Å²) in [5, 5.41) is 8.98. The Morgan fingerprint density at radius 1 is 1.62 bits per heavy atom. The number of hydrogen-bond acceptors (Lipinski definition) is 2. The van der Waals surface area contributed by atoms with Crippen LogP contribution in [0.3, 0.4) is 0 Å². The topological polar surface area (TPSA) is 46.5 Å². The van der Waals surface area contributed by atoms with Gasteiger partial charge in [0, 0.05) is 23.8 Å². The predicted octanol–water partition coefficient (Wildman–Crippen LogP) is 2.59. The summed E-state index contributed by atoms with van der Waals surface area (Å²) in [6.07, 6.45) is 0.901. The SMILES string of the molecule is COC/C(=C\C(=O)O)c1cc(Cl)ccc1F. The molecule has 1 aromatic rings. The van der Waals surface area contributed by atoms with E-state index in [1.165, 1.54) is 25.3 Å². The summed E-state index contributed by atoms with van der Waals surface area (Å²) in [4.78, 5) is 10.6. The van der Waals surface area contributed by atoms with Crippen molar-refractivity contribution in [1.82, 2.24) is 0 Å². The molecule has 0 aliphatic carbocycles. The van der Waals surface area contributed by atoms with E-state index in [2.05, 4.69) is 0 Å². The lowest BCUT2D eigenvalue weighted by atomic mass is 10.1. The second-order valence-corrected chi connectivity index (χ2v) is 3.50. The van der Waals surface area contributed by atoms with Gasteiger partial charge in [0.1, 0.15) is 5.82 Å². The van der Waals surface area contributed by atoms with Gasteiger partial charge in [0.25, 0.3) is 0 Å². The molecule has 0 saturated carbocycles. The first kappa shape index (κ1) is 12.7. The Kier molecular flexibility index (Phi) is 4.46. The van der Waals surface area contributed by atoms with Crippen molar-refractivity contribution in [2.24, 2.45) is 0 Å². The average molecular weight is 245 g/mol. The Hall–Kier alpha value is -1.39. The van der Waals surface area contributed by atoms with Crippen LogP contribution in [-0.2, 0) is 9.53 Å². The predicted molar refractivity (Wildman–Crippen MR) is 58.9 cm³/mol. The van der Waals surface area contributed by atoms with Gasteiger partial charge in [-0.1, -0.05) is 11.6 Å². The summed E-state index contributed by atoms with van der Waals surface area (Å²) < 4.78 is 18.3. The fourth-order valence-corrected chi connectivity index (χ4v) is 1.42. The monoisotopic (exact) mass is 244 g/mol. The molecule has 3 nitrogen and oxygen atoms in total. The van der Waals surface area contributed by atoms with Crippen LogP contribution in [0.1, 0.15) is 5.56 Å². The smallest absolute Gasteiger partial charge is 0.328 e. The van der Waals surface area contributed by atoms with Crippen LogP contribution in [0.25, 0.3) is 5.57 Å². The highest BCUT2D eigenvalue weighted by atomic mass is 35.5. The second kappa shape index (κ2) is 5.63. The number of carboxylic acids is 1. The molecule has 0 radical (unpaired) electrons. The molecule has 0 heterocycles. The van der Waals surface area contributed by atoms with Gasteiger partial charge in [-0.25, -0.2) is 9.18 Å². The van der Waals surface area contributed by atoms with E-state index in [0.29, 0.717) is 5.02 Å². The van der Waals surface area contributed by atoms with Crippen LogP contribution in [0.5, 0.6) is 0 Å². The summed E-state index contributed by atoms with van der Waals surface area (Å²) in [7, 11) is 1.40. The summed E-state index contributed by atoms with van der Waals surface area (Å²) in [5.41, 5.74) is 0.367. The van der Waals surface area contributed by atoms with Crippen LogP contribution in [0.2, 0.25) is 5.02 Å². The molecule has 0 aliphatic rings. The number of carbonyl (C=O) groups is 1. The highest BCUT2D eigenvalue weighted by Gasteiger charge is 2.10. The molecule has 1 rings (SSSR count). The van der Waals surface area contributed by atoms with E-state index in [4.69, 9.17) is 21.4 Å². The first-order valence-corrected chi connectivity index (χ1v) is 4.80. The molecule has 1 N–H and O–H groups in total. The normalized spacial score (nSPS) is 11.6. The van der Waals surface area contributed by atoms with Crippen molar-refractivity contribution in [3.63, 3.8) is 0 Å². The van der Waals surface area contributed by atoms with Crippen molar-refractivity contribution in [2.45, 2.75) is 0 Å². The number of hydrogen-bond donors (Lipinski definition) is 1. The maximum atomic E-state index is 13.4. The van der Waals surface area contributed by atoms with Crippen molar-refractivity contribution < 1.29 is 19.0 Å². The fourth-order valence-electron chi connectivity index (χ4n) is 1.25. The van der Waals surface area contributed by atoms with Crippen molar-refractivity contribution in [3.8, 4) is 0 Å². The molecule has 0 spiro atoms. The molecular weight excluding hydrogens is 235 g/mol. The van der Waals surface area contributed by atoms with Crippen LogP contribution in [0.15, 0.2) is 24.3 Å². The van der Waals surface area contributed by atoms with E-state index >= 15 is 0 Å². The number of aliphatic carboxylic acids is 1. The van der Waals surface area contributed by atoms with Crippen LogP contribution in [-0.4, -0.2) is 24.8 Å². The van der Waals surface area contributed by atoms with E-state index in [0.717, 1.165) is 6.08 Å². The van der Waals surface area contributed by atoms with Gasteiger partial charge in [-0.3, -0.25) is 0 Å². The fraction of sp³-hybridized carbons (Fsp3) is 0.182. The first-order valence-electron chi connectivity index (χ1n) is 4.42. The third-order valence-electron chi connectivity index (χ3n) is 1.87. The molecular formula is C11H10ClFO3. The molecule has 0 atom stereocenters. The molecule has 0 aromatic heterocycles. The number of benzene rings is 1. The minimum Gasteiger partial charge on any atom is -0.478 e. The van der Waals surface area contributed by atoms with Gasteiger partial charge >= 0.3 is 5.97 Å². The Bertz CT molecular complexity index is 429. The second-order valence-electron chi connectivity index (χ2n) is 3.06. The Balaban J connectivity index is 3.20. The van der Waals surface area contributed by atoms with E-state index in [1.807, 2.05) is 0 Å². The molecule has 1 aromatic carbocycles. The Labute approximate surface area is 97.1 Å². The molecule has 86 valence electrons. The Morgan fingerprint density at radius 3 is 2.88 bits per heavy atom. The largest absolute Gasteiger partial charge is 0.478 e. The van der Waals surface area contributed by atoms with Crippen LogP contribution in [0, 0.1) is 5.82 Å². The van der Waals surface area contributed by atoms with Gasteiger partial charge in [0.05, 0.1) is 6.61 Å². The Morgan fingerprint density at radius 2 is 2.31 bits per heavy atom. The number of methoxy groups -OCH3 is 1. The lowest BCUT2D eigenvalue weighted by Gasteiger charge is -2.07. The first-order chi connectivity index (χ1) is 7.54. The van der Waals surface area contributed by atoms with Crippen LogP contribution < -0.4 is 0 Å². The molecule has 0 unspecified atom stereocenters. The third-order valence-corrected chi connectivity index (χ3v) is 2.11. The number of ether oxygens (including phenoxy) is 1. The van der Waals surface area contributed by atoms with Gasteiger partial charge in [0.2, 0.25) is 0 Å². The highest BCUT2D eigenvalue weighted by Crippen LogP contribution is 2.22. The minimum absolute atomic E-state index is 0.00353. The molecule has 0 saturated heterocycles. The summed E-state index contributed by atoms with van der Waals surface area (Å²) >= 11 is 5.72. The summed E-state index contributed by atoms with van der Waals surface area (Å²) in [5.74, 6) is -1.69. The van der Waals surface area contributed by atoms with Gasteiger partial charge in [0.15, 0.2) is 0 Å². The van der Waals surface area contributed by atoms with Crippen molar-refractivity contribution in [3.05, 3.63) is 40.7 Å². The maximum absolute atomic E-state index is 13.4. The highest BCUT2D eigenvalue weighted by molar-refractivity contribution is 6.30. The van der Waals surface area contributed by atoms with E-state index < -0.39 is 11.8 Å². The zero-order valence-electron chi connectivity index (χ0n) is 8.54. The molecule has 16 heavy (non-hydrogen) atoms. The van der Waals surface area contributed by atoms with Gasteiger partial charge in [-0.05, 0) is 23.8 Å². The van der Waals surface area contributed by atoms with Crippen molar-refractivity contribution in [1.29, 1.82) is 0 Å². The number of halogens is 2. The summed E-state index contributed by atoms with van der Waals surface area (Å²) in [6, 6.07) is 3.94. The molecule has 0 amide bonds. The number of rotatable bonds is 4. The molecule has 0 aliphatic heterocycles. The van der Waals surface area contributed by atoms with Crippen molar-refractivity contribution >= 4 is 23.1 Å². The standard InChI is InChI=1S/C11H10ClFO3/c1-16-6-7(4-11(14)15)9-5-8(12)2-3-10(9)13/h2-5H,6H2,1H3,(H,14,15)/b7-4+. The lowest BCUT2D eigenvalue weighted by molar-refractivity contribution is -0.131. The molecule has 0 bridgehead atoms. The van der Waals surface area contributed by atoms with Crippen LogP contribution in [0.4, 0.5) is 4.39 Å². The third kappa shape index (κ3) is 3.32. The maximum Gasteiger partial charge on any atom is 0.328 e. The minimum atomic E-state index is -1.16.